The number of carbonyl (C=O) groups is 1. The molecule has 124 valence electrons. The van der Waals surface area contributed by atoms with E-state index in [9.17, 15) is 4.79 Å². The minimum Gasteiger partial charge on any atom is -0.480 e. The van der Waals surface area contributed by atoms with E-state index >= 15 is 0 Å². The molecule has 0 fully saturated rings. The SMILES string of the molecule is COC(=O)c1ccc2[nH]c(-c3cc4ccccc4nc3OC)cc2c1. The Balaban J connectivity index is 1.88. The Labute approximate surface area is 144 Å². The van der Waals surface area contributed by atoms with Crippen LogP contribution >= 0.6 is 0 Å². The fraction of sp³-hybridized carbons (Fsp3) is 0.100. The lowest BCUT2D eigenvalue weighted by Gasteiger charge is -2.08. The first-order valence-electron chi connectivity index (χ1n) is 7.85. The van der Waals surface area contributed by atoms with E-state index in [1.54, 1.807) is 13.2 Å². The molecule has 0 aliphatic heterocycles. The minimum atomic E-state index is -0.352. The number of carbonyl (C=O) groups excluding carboxylic acids is 1. The standard InChI is InChI=1S/C20H16N2O3/c1-24-19-15(10-12-5-3-4-6-16(12)22-19)18-11-14-9-13(20(23)25-2)7-8-17(14)21-18/h3-11,21H,1-2H3. The van der Waals surface area contributed by atoms with E-state index in [2.05, 4.69) is 9.97 Å². The molecule has 1 N–H and O–H groups in total. The van der Waals surface area contributed by atoms with Crippen LogP contribution in [-0.4, -0.2) is 30.2 Å². The van der Waals surface area contributed by atoms with Gasteiger partial charge in [0, 0.05) is 16.3 Å². The number of ether oxygens (including phenoxy) is 2. The number of pyridine rings is 1. The molecular formula is C20H16N2O3. The van der Waals surface area contributed by atoms with Crippen LogP contribution in [0.5, 0.6) is 5.88 Å². The molecule has 2 aromatic heterocycles. The van der Waals surface area contributed by atoms with Gasteiger partial charge in [-0.25, -0.2) is 9.78 Å². The van der Waals surface area contributed by atoms with Gasteiger partial charge in [0.05, 0.1) is 36.6 Å². The number of H-pyrrole nitrogens is 1. The maximum absolute atomic E-state index is 11.7. The number of nitrogens with zero attached hydrogens (tertiary/aromatic N) is 1. The quantitative estimate of drug-likeness (QED) is 0.572. The zero-order valence-electron chi connectivity index (χ0n) is 13.9. The number of aromatic amines is 1. The highest BCUT2D eigenvalue weighted by Gasteiger charge is 2.13. The van der Waals surface area contributed by atoms with Gasteiger partial charge in [0.2, 0.25) is 5.88 Å². The van der Waals surface area contributed by atoms with Gasteiger partial charge < -0.3 is 14.5 Å². The molecule has 2 aromatic carbocycles. The second-order valence-corrected chi connectivity index (χ2v) is 5.71. The van der Waals surface area contributed by atoms with Gasteiger partial charge in [-0.05, 0) is 36.4 Å². The fourth-order valence-electron chi connectivity index (χ4n) is 2.97. The highest BCUT2D eigenvalue weighted by atomic mass is 16.5. The molecule has 0 saturated carbocycles. The lowest BCUT2D eigenvalue weighted by molar-refractivity contribution is 0.0601. The number of fused-ring (bicyclic) bond motifs is 2. The molecule has 2 heterocycles. The van der Waals surface area contributed by atoms with Crippen molar-refractivity contribution in [1.82, 2.24) is 9.97 Å². The van der Waals surface area contributed by atoms with Gasteiger partial charge >= 0.3 is 5.97 Å². The van der Waals surface area contributed by atoms with Crippen LogP contribution in [0.25, 0.3) is 33.1 Å². The molecule has 0 radical (unpaired) electrons. The predicted molar refractivity (Wildman–Crippen MR) is 96.9 cm³/mol. The summed E-state index contributed by atoms with van der Waals surface area (Å²) in [5, 5.41) is 1.96. The van der Waals surface area contributed by atoms with E-state index in [-0.39, 0.29) is 5.97 Å². The minimum absolute atomic E-state index is 0.352. The molecular weight excluding hydrogens is 316 g/mol. The zero-order valence-corrected chi connectivity index (χ0v) is 13.9. The maximum atomic E-state index is 11.7. The summed E-state index contributed by atoms with van der Waals surface area (Å²) >= 11 is 0. The maximum Gasteiger partial charge on any atom is 0.337 e. The highest BCUT2D eigenvalue weighted by molar-refractivity contribution is 5.97. The second kappa shape index (κ2) is 5.94. The Morgan fingerprint density at radius 1 is 1.00 bits per heavy atom. The van der Waals surface area contributed by atoms with Crippen LogP contribution in [0.1, 0.15) is 10.4 Å². The fourth-order valence-corrected chi connectivity index (χ4v) is 2.97. The Kier molecular flexibility index (Phi) is 3.61. The normalized spacial score (nSPS) is 11.0. The van der Waals surface area contributed by atoms with Crippen molar-refractivity contribution in [3.8, 4) is 17.1 Å². The number of hydrogen-bond acceptors (Lipinski definition) is 4. The summed E-state index contributed by atoms with van der Waals surface area (Å²) in [7, 11) is 2.99. The second-order valence-electron chi connectivity index (χ2n) is 5.71. The molecule has 4 aromatic rings. The third kappa shape index (κ3) is 2.59. The molecule has 0 saturated heterocycles. The summed E-state index contributed by atoms with van der Waals surface area (Å²) < 4.78 is 10.3. The van der Waals surface area contributed by atoms with Crippen molar-refractivity contribution in [2.24, 2.45) is 0 Å². The average Bonchev–Trinajstić information content (AvgIpc) is 3.09. The van der Waals surface area contributed by atoms with E-state index in [4.69, 9.17) is 9.47 Å². The van der Waals surface area contributed by atoms with Gasteiger partial charge in [0.15, 0.2) is 0 Å². The first-order chi connectivity index (χ1) is 12.2. The number of methoxy groups -OCH3 is 2. The molecule has 5 nitrogen and oxygen atoms in total. The number of nitrogens with one attached hydrogen (secondary N) is 1. The smallest absolute Gasteiger partial charge is 0.337 e. The van der Waals surface area contributed by atoms with Crippen molar-refractivity contribution in [1.29, 1.82) is 0 Å². The van der Waals surface area contributed by atoms with Crippen LogP contribution in [0.3, 0.4) is 0 Å². The number of benzene rings is 2. The van der Waals surface area contributed by atoms with E-state index < -0.39 is 0 Å². The van der Waals surface area contributed by atoms with Crippen LogP contribution in [0.15, 0.2) is 54.6 Å². The van der Waals surface area contributed by atoms with Crippen LogP contribution < -0.4 is 4.74 Å². The summed E-state index contributed by atoms with van der Waals surface area (Å²) in [6.45, 7) is 0. The van der Waals surface area contributed by atoms with Gasteiger partial charge in [-0.15, -0.1) is 0 Å². The number of aromatic nitrogens is 2. The summed E-state index contributed by atoms with van der Waals surface area (Å²) in [6, 6.07) is 17.3. The van der Waals surface area contributed by atoms with Crippen LogP contribution in [0, 0.1) is 0 Å². The molecule has 0 aliphatic carbocycles. The number of hydrogen-bond donors (Lipinski definition) is 1. The Hall–Kier alpha value is -3.34. The third-order valence-electron chi connectivity index (χ3n) is 4.21. The molecule has 4 rings (SSSR count). The van der Waals surface area contributed by atoms with Crippen molar-refractivity contribution in [2.75, 3.05) is 14.2 Å². The van der Waals surface area contributed by atoms with Crippen molar-refractivity contribution in [3.63, 3.8) is 0 Å². The summed E-state index contributed by atoms with van der Waals surface area (Å²) in [6.07, 6.45) is 0. The monoisotopic (exact) mass is 332 g/mol. The molecule has 0 aliphatic rings. The van der Waals surface area contributed by atoms with E-state index in [0.717, 1.165) is 33.1 Å². The highest BCUT2D eigenvalue weighted by Crippen LogP contribution is 2.33. The van der Waals surface area contributed by atoms with Gasteiger partial charge in [-0.2, -0.15) is 0 Å². The number of rotatable bonds is 3. The van der Waals surface area contributed by atoms with Crippen LogP contribution in [-0.2, 0) is 4.74 Å². The summed E-state index contributed by atoms with van der Waals surface area (Å²) in [5.41, 5.74) is 4.08. The molecule has 0 amide bonds. The first-order valence-corrected chi connectivity index (χ1v) is 7.85. The molecule has 0 bridgehead atoms. The topological polar surface area (TPSA) is 64.2 Å². The van der Waals surface area contributed by atoms with E-state index in [1.165, 1.54) is 7.11 Å². The Morgan fingerprint density at radius 3 is 2.64 bits per heavy atom. The van der Waals surface area contributed by atoms with E-state index in [1.807, 2.05) is 48.5 Å². The van der Waals surface area contributed by atoms with Gasteiger partial charge in [-0.1, -0.05) is 18.2 Å². The summed E-state index contributed by atoms with van der Waals surface area (Å²) in [4.78, 5) is 19.7. The van der Waals surface area contributed by atoms with Gasteiger partial charge in [0.25, 0.3) is 0 Å². The molecule has 0 unspecified atom stereocenters. The third-order valence-corrected chi connectivity index (χ3v) is 4.21. The lowest BCUT2D eigenvalue weighted by Crippen LogP contribution is -2.00. The molecule has 0 spiro atoms. The Morgan fingerprint density at radius 2 is 1.84 bits per heavy atom. The van der Waals surface area contributed by atoms with Gasteiger partial charge in [0.1, 0.15) is 0 Å². The zero-order chi connectivity index (χ0) is 17.4. The number of esters is 1. The number of para-hydroxylation sites is 1. The van der Waals surface area contributed by atoms with Crippen LogP contribution in [0.2, 0.25) is 0 Å². The van der Waals surface area contributed by atoms with Crippen molar-refractivity contribution >= 4 is 27.8 Å². The lowest BCUT2D eigenvalue weighted by atomic mass is 10.1. The van der Waals surface area contributed by atoms with E-state index in [0.29, 0.717) is 11.4 Å². The molecule has 25 heavy (non-hydrogen) atoms. The van der Waals surface area contributed by atoms with Gasteiger partial charge in [-0.3, -0.25) is 0 Å². The van der Waals surface area contributed by atoms with Crippen molar-refractivity contribution in [3.05, 3.63) is 60.2 Å². The van der Waals surface area contributed by atoms with Crippen molar-refractivity contribution in [2.45, 2.75) is 0 Å². The Bertz CT molecular complexity index is 1100. The summed E-state index contributed by atoms with van der Waals surface area (Å²) in [5.74, 6) is 0.202. The molecule has 0 atom stereocenters. The molecule has 5 heteroatoms. The van der Waals surface area contributed by atoms with Crippen molar-refractivity contribution < 1.29 is 14.3 Å². The predicted octanol–water partition coefficient (Wildman–Crippen LogP) is 4.18. The first kappa shape index (κ1) is 15.2. The largest absolute Gasteiger partial charge is 0.480 e. The van der Waals surface area contributed by atoms with Crippen LogP contribution in [0.4, 0.5) is 0 Å². The average molecular weight is 332 g/mol.